The Morgan fingerprint density at radius 1 is 0.685 bits per heavy atom. The first-order chi connectivity index (χ1) is 59.1. The standard InChI is InChI=1S/C87H101ClN10O26/c1-36(2)21-55(90-5)78(108)97-69-71(103)43-12-18-57(54(88)28-43)121-59-30-46-29-58(74(59)124-85-75(73(105)72(104)60(35-99)122-85)123-62-34-86(4,89)76(106)37(3)119-62)120-49-15-7-40(8-16-49)70(102)68-84(114)96-67(82(112)93-64-44-23-38-22-39(25-44)26-45(64)24-38)51-31-47(100)32-53-63(51)50-27-42(11-17-52(50)87(53,115)116)65(80(110)98-68)95-81(111)66(46)94-79(109)56(91-83(69)113)33-61(101)92-77(107)41-9-13-48(14-10-41)118-20-19-117-6/h7-18,27-32,36-39,44-45,55-56,60,62,64-73,75-76,85,90,99-100,102-106,115-116H,19-26,33-35,89H2,1-6H3,(H,91,113)(H,93,112)(H,94,109)(H,95,111)(H,96,114)(H,97,108)(H,98,110)(H,92,101,107)/t37-,38?,39?,44?,45?,55+,56-,60+,62-,64?,65+,66+,67-,68-,69+,70+,71+,72+,73-,75+,76+,85-,86-/m0/s1. The van der Waals surface area contributed by atoms with Crippen molar-refractivity contribution in [2.75, 3.05) is 34.0 Å². The molecule has 7 heterocycles. The molecule has 9 amide bonds. The van der Waals surface area contributed by atoms with Crippen LogP contribution in [-0.2, 0) is 63.1 Å². The number of fused-ring (bicyclic) bond motifs is 12. The van der Waals surface area contributed by atoms with Crippen molar-refractivity contribution < 1.29 is 127 Å². The van der Waals surface area contributed by atoms with Gasteiger partial charge in [0, 0.05) is 41.8 Å². The Kier molecular flexibility index (Phi) is 25.5. The summed E-state index contributed by atoms with van der Waals surface area (Å²) in [5.74, 6) is -15.2. The lowest BCUT2D eigenvalue weighted by molar-refractivity contribution is -0.333. The number of aliphatic hydroxyl groups is 8. The van der Waals surface area contributed by atoms with E-state index in [-0.39, 0.29) is 116 Å². The van der Waals surface area contributed by atoms with Crippen LogP contribution >= 0.6 is 11.6 Å². The number of methoxy groups -OCH3 is 1. The molecule has 6 aromatic rings. The number of rotatable bonds is 19. The van der Waals surface area contributed by atoms with Gasteiger partial charge in [0.05, 0.1) is 42.9 Å². The van der Waals surface area contributed by atoms with Gasteiger partial charge >= 0.3 is 0 Å². The summed E-state index contributed by atoms with van der Waals surface area (Å²) in [5, 5.41) is 131. The van der Waals surface area contributed by atoms with Crippen molar-refractivity contribution in [3.05, 3.63) is 159 Å². The monoisotopic (exact) mass is 1740 g/mol. The van der Waals surface area contributed by atoms with E-state index in [1.165, 1.54) is 113 Å². The molecule has 0 radical (unpaired) electrons. The first kappa shape index (κ1) is 88.3. The van der Waals surface area contributed by atoms with Crippen molar-refractivity contribution in [3.8, 4) is 51.4 Å². The number of ether oxygens (including phenoxy) is 8. The van der Waals surface area contributed by atoms with E-state index < -0.39 is 210 Å². The van der Waals surface area contributed by atoms with Gasteiger partial charge in [0.25, 0.3) is 5.91 Å². The molecule has 20 N–H and O–H groups in total. The first-order valence-corrected chi connectivity index (χ1v) is 41.6. The smallest absolute Gasteiger partial charge is 0.257 e. The lowest BCUT2D eigenvalue weighted by Crippen LogP contribution is -2.64. The fourth-order valence-corrected chi connectivity index (χ4v) is 19.0. The molecule has 124 heavy (non-hydrogen) atoms. The minimum absolute atomic E-state index is 0.0789. The first-order valence-electron chi connectivity index (χ1n) is 41.3. The summed E-state index contributed by atoms with van der Waals surface area (Å²) in [4.78, 5) is 139. The van der Waals surface area contributed by atoms with E-state index in [0.29, 0.717) is 17.6 Å². The van der Waals surface area contributed by atoms with Crippen LogP contribution in [0.2, 0.25) is 5.02 Å². The number of phenols is 1. The molecular weight excluding hydrogens is 1640 g/mol. The number of hydrogen-bond acceptors (Lipinski definition) is 28. The molecule has 18 rings (SSSR count). The van der Waals surface area contributed by atoms with Crippen molar-refractivity contribution in [3.63, 3.8) is 0 Å². The fraction of sp³-hybridized carbons (Fsp3) is 0.483. The number of carbonyl (C=O) groups is 9. The average Bonchev–Trinajstić information content (AvgIpc) is 1.54. The predicted octanol–water partition coefficient (Wildman–Crippen LogP) is 1.89. The number of nitrogens with two attached hydrogens (primary N) is 1. The van der Waals surface area contributed by atoms with E-state index >= 15 is 28.8 Å². The maximum absolute atomic E-state index is 16.7. The van der Waals surface area contributed by atoms with E-state index in [1.54, 1.807) is 0 Å². The molecular formula is C87H101ClN10O26. The minimum atomic E-state index is -2.98. The molecule has 2 saturated heterocycles. The summed E-state index contributed by atoms with van der Waals surface area (Å²) in [6.45, 7) is 6.09. The number of imide groups is 1. The summed E-state index contributed by atoms with van der Waals surface area (Å²) in [6.07, 6.45) is -14.1. The zero-order valence-electron chi connectivity index (χ0n) is 68.4. The number of likely N-dealkylation sites (N-methyl/N-ethyl adjacent to an activating group) is 1. The van der Waals surface area contributed by atoms with Crippen LogP contribution in [0, 0.1) is 29.6 Å². The van der Waals surface area contributed by atoms with Crippen LogP contribution in [0.4, 0.5) is 0 Å². The third-order valence-electron chi connectivity index (χ3n) is 25.0. The number of nitrogens with one attached hydrogen (secondary N) is 9. The Morgan fingerprint density at radius 3 is 2.01 bits per heavy atom. The van der Waals surface area contributed by atoms with E-state index in [0.717, 1.165) is 56.4 Å². The Bertz CT molecular complexity index is 5090. The van der Waals surface area contributed by atoms with E-state index in [4.69, 9.17) is 55.2 Å². The van der Waals surface area contributed by atoms with Gasteiger partial charge in [-0.15, -0.1) is 0 Å². The second-order valence-corrected chi connectivity index (χ2v) is 34.6. The highest BCUT2D eigenvalue weighted by Crippen LogP contribution is 2.56. The topological polar surface area (TPSA) is 544 Å². The molecule has 12 aliphatic rings. The van der Waals surface area contributed by atoms with E-state index in [1.807, 2.05) is 13.8 Å². The molecule has 15 bridgehead atoms. The van der Waals surface area contributed by atoms with E-state index in [9.17, 15) is 60.3 Å². The van der Waals surface area contributed by atoms with Gasteiger partial charge in [0.2, 0.25) is 65.1 Å². The summed E-state index contributed by atoms with van der Waals surface area (Å²) in [5.41, 5.74) is 3.14. The summed E-state index contributed by atoms with van der Waals surface area (Å²) in [6, 6.07) is 8.04. The molecule has 662 valence electrons. The molecule has 0 spiro atoms. The lowest BCUT2D eigenvalue weighted by atomic mass is 9.54. The normalized spacial score (nSPS) is 31.2. The number of halogens is 1. The van der Waals surface area contributed by atoms with Gasteiger partial charge in [0.1, 0.15) is 96.4 Å². The van der Waals surface area contributed by atoms with Gasteiger partial charge in [-0.2, -0.15) is 0 Å². The van der Waals surface area contributed by atoms with Crippen molar-refractivity contribution in [2.24, 2.45) is 35.3 Å². The molecule has 0 unspecified atom stereocenters. The Labute approximate surface area is 715 Å². The van der Waals surface area contributed by atoms with Crippen LogP contribution in [0.25, 0.3) is 11.1 Å². The van der Waals surface area contributed by atoms with Gasteiger partial charge in [-0.1, -0.05) is 55.8 Å². The minimum Gasteiger partial charge on any atom is -0.508 e. The lowest BCUT2D eigenvalue weighted by Gasteiger charge is -2.54. The molecule has 18 atom stereocenters. The second-order valence-electron chi connectivity index (χ2n) is 34.2. The summed E-state index contributed by atoms with van der Waals surface area (Å²) >= 11 is 7.22. The number of hydrogen-bond donors (Lipinski definition) is 19. The number of benzene rings is 6. The highest BCUT2D eigenvalue weighted by Gasteiger charge is 2.54. The Morgan fingerprint density at radius 2 is 1.35 bits per heavy atom. The van der Waals surface area contributed by atoms with Gasteiger partial charge < -0.3 is 132 Å². The van der Waals surface area contributed by atoms with Crippen LogP contribution in [0.15, 0.2) is 109 Å². The molecule has 7 aliphatic heterocycles. The maximum atomic E-state index is 16.7. The van der Waals surface area contributed by atoms with E-state index in [2.05, 4.69) is 47.9 Å². The maximum Gasteiger partial charge on any atom is 0.257 e. The zero-order valence-corrected chi connectivity index (χ0v) is 69.1. The molecule has 5 aliphatic carbocycles. The number of aromatic hydroxyl groups is 1. The summed E-state index contributed by atoms with van der Waals surface area (Å²) < 4.78 is 49.9. The number of carbonyl (C=O) groups excluding carboxylic acids is 9. The fourth-order valence-electron chi connectivity index (χ4n) is 18.8. The van der Waals surface area contributed by atoms with Crippen LogP contribution < -0.4 is 72.5 Å². The highest BCUT2D eigenvalue weighted by molar-refractivity contribution is 6.32. The number of phenolic OH excluding ortho intramolecular Hbond substituents is 1. The molecule has 37 heteroatoms. The second kappa shape index (κ2) is 35.8. The molecule has 36 nitrogen and oxygen atoms in total. The van der Waals surface area contributed by atoms with Crippen LogP contribution in [0.5, 0.6) is 40.2 Å². The quantitative estimate of drug-likeness (QED) is 0.0407. The highest BCUT2D eigenvalue weighted by atomic mass is 35.5. The van der Waals surface area contributed by atoms with Gasteiger partial charge in [-0.05, 0) is 207 Å². The van der Waals surface area contributed by atoms with Crippen molar-refractivity contribution in [1.82, 2.24) is 47.9 Å². The third-order valence-corrected chi connectivity index (χ3v) is 25.3. The molecule has 0 aromatic heterocycles. The predicted molar refractivity (Wildman–Crippen MR) is 435 cm³/mol. The van der Waals surface area contributed by atoms with Crippen LogP contribution in [0.1, 0.15) is 159 Å². The zero-order chi connectivity index (χ0) is 88.4. The Balaban J connectivity index is 0.913. The third kappa shape index (κ3) is 17.9. The number of amides is 9. The molecule has 6 fully saturated rings. The van der Waals surface area contributed by atoms with Crippen molar-refractivity contribution in [1.29, 1.82) is 0 Å². The van der Waals surface area contributed by atoms with Gasteiger partial charge in [0.15, 0.2) is 23.9 Å². The SMILES string of the molecule is CN[C@H](CC(C)C)C(=O)N[C@H]1C(=O)N[C@@H](CC(=O)NC(=O)c2ccc(OCCOC)cc2)C(=O)N[C@H]2C(=O)N[C@H]3C(=O)N[C@H](C(=O)N[C@H](C(=O)NC4C5CC6CC(C5)CC4C6)c4cc(O)cc5c4-c4cc3ccc4C5(O)O)[C@H](O)c3ccc(cc3)Oc3cc2cc(c3O[C@@H]2O[C@H](CO)[C@@H](O)[C@H](O)[C@H]2O[C@H]2C[C@](C)(N)[C@H](O)[C@H](C)O2)Oc2ccc(cc2Cl)[C@H]1O. The van der Waals surface area contributed by atoms with Crippen LogP contribution in [0.3, 0.4) is 0 Å². The molecule has 4 saturated carbocycles. The van der Waals surface area contributed by atoms with Gasteiger partial charge in [-0.3, -0.25) is 48.5 Å². The number of aliphatic hydroxyl groups excluding tert-OH is 6. The molecule has 6 aromatic carbocycles. The largest absolute Gasteiger partial charge is 0.508 e. The van der Waals surface area contributed by atoms with Crippen molar-refractivity contribution >= 4 is 64.8 Å². The van der Waals surface area contributed by atoms with Crippen LogP contribution in [-0.4, -0.2) is 218 Å². The van der Waals surface area contributed by atoms with Gasteiger partial charge in [-0.25, -0.2) is 0 Å². The average molecular weight is 1740 g/mol. The summed E-state index contributed by atoms with van der Waals surface area (Å²) in [7, 11) is 2.96. The van der Waals surface area contributed by atoms with Crippen molar-refractivity contribution in [2.45, 2.75) is 200 Å². The Hall–Kier alpha value is -10.5.